The third-order valence-corrected chi connectivity index (χ3v) is 6.27. The topological polar surface area (TPSA) is 56.1 Å². The van der Waals surface area contributed by atoms with Gasteiger partial charge >= 0.3 is 0 Å². The number of ether oxygens (including phenoxy) is 1. The van der Waals surface area contributed by atoms with Crippen molar-refractivity contribution in [1.82, 2.24) is 14.9 Å². The van der Waals surface area contributed by atoms with Crippen molar-refractivity contribution < 1.29 is 9.53 Å². The number of nitrogens with one attached hydrogen (secondary N) is 1. The monoisotopic (exact) mass is 317 g/mol. The number of amides is 1. The standard InChI is InChI=1S/C18H27N3O2/c1-3-23-15-11-14(18(15)8-6-9-18)20-17(22)16-13-7-4-5-10-21(13)12(2)19-16/h14-15H,3-11H2,1-2H3,(H,20,22)/t14-,15-/m1/s1. The molecular weight excluding hydrogens is 290 g/mol. The minimum absolute atomic E-state index is 0.0231. The minimum Gasteiger partial charge on any atom is -0.378 e. The Morgan fingerprint density at radius 1 is 1.39 bits per heavy atom. The summed E-state index contributed by atoms with van der Waals surface area (Å²) in [6.07, 6.45) is 8.23. The van der Waals surface area contributed by atoms with Crippen LogP contribution in [0.5, 0.6) is 0 Å². The van der Waals surface area contributed by atoms with Crippen LogP contribution in [0.4, 0.5) is 0 Å². The summed E-state index contributed by atoms with van der Waals surface area (Å²) >= 11 is 0. The molecule has 1 amide bonds. The molecule has 0 radical (unpaired) electrons. The van der Waals surface area contributed by atoms with E-state index in [0.717, 1.165) is 43.9 Å². The number of hydrogen-bond donors (Lipinski definition) is 1. The van der Waals surface area contributed by atoms with Crippen LogP contribution in [0.25, 0.3) is 0 Å². The van der Waals surface area contributed by atoms with Gasteiger partial charge in [-0.1, -0.05) is 6.42 Å². The summed E-state index contributed by atoms with van der Waals surface area (Å²) in [6.45, 7) is 5.83. The third kappa shape index (κ3) is 2.24. The molecule has 2 fully saturated rings. The van der Waals surface area contributed by atoms with Gasteiger partial charge in [0.05, 0.1) is 11.8 Å². The number of aryl methyl sites for hydroxylation is 1. The zero-order valence-corrected chi connectivity index (χ0v) is 14.2. The molecule has 0 saturated heterocycles. The first-order chi connectivity index (χ1) is 11.2. The van der Waals surface area contributed by atoms with Gasteiger partial charge in [0, 0.05) is 24.6 Å². The largest absolute Gasteiger partial charge is 0.378 e. The lowest BCUT2D eigenvalue weighted by molar-refractivity contribution is -0.169. The Hall–Kier alpha value is -1.36. The van der Waals surface area contributed by atoms with Crippen LogP contribution in [0.3, 0.4) is 0 Å². The molecule has 3 aliphatic rings. The molecule has 0 aromatic carbocycles. The molecule has 2 aliphatic carbocycles. The molecule has 126 valence electrons. The smallest absolute Gasteiger partial charge is 0.272 e. The maximum Gasteiger partial charge on any atom is 0.272 e. The summed E-state index contributed by atoms with van der Waals surface area (Å²) in [5, 5.41) is 3.28. The number of imidazole rings is 1. The van der Waals surface area contributed by atoms with Crippen molar-refractivity contribution in [2.75, 3.05) is 6.61 Å². The number of fused-ring (bicyclic) bond motifs is 1. The van der Waals surface area contributed by atoms with E-state index in [4.69, 9.17) is 4.74 Å². The lowest BCUT2D eigenvalue weighted by atomic mass is 9.51. The van der Waals surface area contributed by atoms with Crippen molar-refractivity contribution in [2.45, 2.75) is 77.5 Å². The number of nitrogens with zero attached hydrogens (tertiary/aromatic N) is 2. The molecule has 2 heterocycles. The van der Waals surface area contributed by atoms with E-state index in [2.05, 4.69) is 21.8 Å². The van der Waals surface area contributed by atoms with Crippen LogP contribution in [-0.4, -0.2) is 34.2 Å². The van der Waals surface area contributed by atoms with Gasteiger partial charge in [-0.2, -0.15) is 0 Å². The number of aromatic nitrogens is 2. The Bertz CT molecular complexity index is 618. The molecule has 5 nitrogen and oxygen atoms in total. The maximum atomic E-state index is 12.8. The van der Waals surface area contributed by atoms with Gasteiger partial charge in [-0.25, -0.2) is 4.98 Å². The first kappa shape index (κ1) is 15.2. The molecule has 5 heteroatoms. The van der Waals surface area contributed by atoms with E-state index in [9.17, 15) is 4.79 Å². The van der Waals surface area contributed by atoms with Crippen molar-refractivity contribution in [1.29, 1.82) is 0 Å². The molecule has 1 spiro atoms. The van der Waals surface area contributed by atoms with Crippen molar-refractivity contribution in [2.24, 2.45) is 5.41 Å². The molecule has 0 unspecified atom stereocenters. The van der Waals surface area contributed by atoms with Gasteiger partial charge in [0.1, 0.15) is 11.5 Å². The number of rotatable bonds is 4. The highest BCUT2D eigenvalue weighted by Gasteiger charge is 2.59. The molecule has 1 N–H and O–H groups in total. The van der Waals surface area contributed by atoms with Gasteiger partial charge in [0.2, 0.25) is 0 Å². The predicted molar refractivity (Wildman–Crippen MR) is 87.5 cm³/mol. The normalized spacial score (nSPS) is 27.9. The Labute approximate surface area is 137 Å². The predicted octanol–water partition coefficient (Wildman–Crippen LogP) is 2.61. The van der Waals surface area contributed by atoms with Crippen LogP contribution in [-0.2, 0) is 17.7 Å². The van der Waals surface area contributed by atoms with Crippen molar-refractivity contribution in [3.05, 3.63) is 17.2 Å². The Morgan fingerprint density at radius 3 is 2.91 bits per heavy atom. The van der Waals surface area contributed by atoms with Crippen molar-refractivity contribution >= 4 is 5.91 Å². The van der Waals surface area contributed by atoms with Crippen LogP contribution >= 0.6 is 0 Å². The Kier molecular flexibility index (Phi) is 3.71. The highest BCUT2D eigenvalue weighted by atomic mass is 16.5. The van der Waals surface area contributed by atoms with Gasteiger partial charge in [0.15, 0.2) is 0 Å². The van der Waals surface area contributed by atoms with Gasteiger partial charge < -0.3 is 14.6 Å². The van der Waals surface area contributed by atoms with E-state index in [1.54, 1.807) is 0 Å². The third-order valence-electron chi connectivity index (χ3n) is 6.27. The summed E-state index contributed by atoms with van der Waals surface area (Å²) < 4.78 is 8.10. The van der Waals surface area contributed by atoms with E-state index in [0.29, 0.717) is 11.8 Å². The van der Waals surface area contributed by atoms with E-state index >= 15 is 0 Å². The Balaban J connectivity index is 1.49. The second kappa shape index (κ2) is 5.62. The highest BCUT2D eigenvalue weighted by Crippen LogP contribution is 2.57. The van der Waals surface area contributed by atoms with Crippen molar-refractivity contribution in [3.8, 4) is 0 Å². The van der Waals surface area contributed by atoms with E-state index in [1.807, 2.05) is 6.92 Å². The molecule has 4 rings (SSSR count). The van der Waals surface area contributed by atoms with E-state index in [1.165, 1.54) is 25.7 Å². The lowest BCUT2D eigenvalue weighted by Crippen LogP contribution is -2.67. The number of carbonyl (C=O) groups excluding carboxylic acids is 1. The fraction of sp³-hybridized carbons (Fsp3) is 0.778. The quantitative estimate of drug-likeness (QED) is 0.928. The van der Waals surface area contributed by atoms with Gasteiger partial charge in [-0.3, -0.25) is 4.79 Å². The van der Waals surface area contributed by atoms with Gasteiger partial charge in [0.25, 0.3) is 5.91 Å². The summed E-state index contributed by atoms with van der Waals surface area (Å²) in [5.74, 6) is 0.999. The molecule has 1 aromatic heterocycles. The maximum absolute atomic E-state index is 12.8. The molecule has 2 atom stereocenters. The van der Waals surface area contributed by atoms with Crippen LogP contribution < -0.4 is 5.32 Å². The molecule has 0 bridgehead atoms. The van der Waals surface area contributed by atoms with Gasteiger partial charge in [-0.05, 0) is 52.4 Å². The second-order valence-corrected chi connectivity index (χ2v) is 7.36. The lowest BCUT2D eigenvalue weighted by Gasteiger charge is -2.60. The molecular formula is C18H27N3O2. The first-order valence-corrected chi connectivity index (χ1v) is 9.14. The van der Waals surface area contributed by atoms with E-state index in [-0.39, 0.29) is 17.4 Å². The SMILES string of the molecule is CCO[C@@H]1C[C@@H](NC(=O)c2nc(C)n3c2CCCC3)C12CCC2. The van der Waals surface area contributed by atoms with Crippen LogP contribution in [0.15, 0.2) is 0 Å². The van der Waals surface area contributed by atoms with Crippen molar-refractivity contribution in [3.63, 3.8) is 0 Å². The molecule has 2 saturated carbocycles. The van der Waals surface area contributed by atoms with Crippen LogP contribution in [0, 0.1) is 12.3 Å². The molecule has 1 aromatic rings. The zero-order valence-electron chi connectivity index (χ0n) is 14.2. The molecule has 1 aliphatic heterocycles. The average Bonchev–Trinajstić information content (AvgIpc) is 2.82. The fourth-order valence-electron chi connectivity index (χ4n) is 4.77. The zero-order chi connectivity index (χ0) is 16.0. The summed E-state index contributed by atoms with van der Waals surface area (Å²) in [5.41, 5.74) is 2.01. The summed E-state index contributed by atoms with van der Waals surface area (Å²) in [4.78, 5) is 17.4. The average molecular weight is 317 g/mol. The first-order valence-electron chi connectivity index (χ1n) is 9.14. The highest BCUT2D eigenvalue weighted by molar-refractivity contribution is 5.94. The van der Waals surface area contributed by atoms with Crippen LogP contribution in [0.2, 0.25) is 0 Å². The molecule has 23 heavy (non-hydrogen) atoms. The number of carbonyl (C=O) groups is 1. The van der Waals surface area contributed by atoms with E-state index < -0.39 is 0 Å². The number of hydrogen-bond acceptors (Lipinski definition) is 3. The fourth-order valence-corrected chi connectivity index (χ4v) is 4.77. The Morgan fingerprint density at radius 2 is 2.22 bits per heavy atom. The minimum atomic E-state index is 0.0231. The van der Waals surface area contributed by atoms with Crippen LogP contribution in [0.1, 0.15) is 67.5 Å². The second-order valence-electron chi connectivity index (χ2n) is 7.36. The summed E-state index contributed by atoms with van der Waals surface area (Å²) in [6, 6.07) is 0.265. The van der Waals surface area contributed by atoms with Gasteiger partial charge in [-0.15, -0.1) is 0 Å². The summed E-state index contributed by atoms with van der Waals surface area (Å²) in [7, 11) is 0.